The molecule has 1 amide bonds. The van der Waals surface area contributed by atoms with Gasteiger partial charge in [-0.2, -0.15) is 0 Å². The van der Waals surface area contributed by atoms with Gasteiger partial charge in [0.1, 0.15) is 0 Å². The van der Waals surface area contributed by atoms with Crippen LogP contribution in [0.25, 0.3) is 5.57 Å². The number of benzene rings is 1. The number of amides is 1. The topological polar surface area (TPSA) is 46.2 Å². The van der Waals surface area contributed by atoms with Crippen molar-refractivity contribution >= 4 is 17.3 Å². The summed E-state index contributed by atoms with van der Waals surface area (Å²) in [4.78, 5) is 25.0. The van der Waals surface area contributed by atoms with E-state index in [9.17, 15) is 9.59 Å². The average molecular weight is 311 g/mol. The molecule has 2 aliphatic rings. The van der Waals surface area contributed by atoms with E-state index in [1.54, 1.807) is 0 Å². The number of hydrogen-bond acceptors (Lipinski definition) is 2. The first-order valence-corrected chi connectivity index (χ1v) is 8.90. The van der Waals surface area contributed by atoms with Crippen LogP contribution in [0.2, 0.25) is 0 Å². The second-order valence-electron chi connectivity index (χ2n) is 6.65. The largest absolute Gasteiger partial charge is 0.323 e. The maximum Gasteiger partial charge on any atom is 0.224 e. The van der Waals surface area contributed by atoms with Gasteiger partial charge in [0.25, 0.3) is 0 Å². The molecular weight excluding hydrogens is 286 g/mol. The molecule has 0 unspecified atom stereocenters. The molecule has 3 heteroatoms. The molecule has 0 atom stereocenters. The lowest BCUT2D eigenvalue weighted by atomic mass is 9.81. The van der Waals surface area contributed by atoms with Crippen LogP contribution in [-0.4, -0.2) is 11.7 Å². The van der Waals surface area contributed by atoms with Crippen LogP contribution in [0.5, 0.6) is 0 Å². The van der Waals surface area contributed by atoms with Crippen LogP contribution in [0.3, 0.4) is 0 Å². The molecule has 0 aliphatic heterocycles. The van der Waals surface area contributed by atoms with Crippen molar-refractivity contribution in [1.82, 2.24) is 5.32 Å². The number of unbranched alkanes of at least 4 members (excludes halogenated alkanes) is 1. The fourth-order valence-electron chi connectivity index (χ4n) is 3.79. The molecule has 1 fully saturated rings. The molecule has 0 heterocycles. The van der Waals surface area contributed by atoms with Gasteiger partial charge in [-0.1, -0.05) is 56.9 Å². The van der Waals surface area contributed by atoms with Gasteiger partial charge in [0.15, 0.2) is 0 Å². The summed E-state index contributed by atoms with van der Waals surface area (Å²) in [5.74, 6) is 0.361. The van der Waals surface area contributed by atoms with E-state index in [1.165, 1.54) is 19.3 Å². The number of allylic oxidation sites excluding steroid dienone is 2. The molecule has 0 spiro atoms. The summed E-state index contributed by atoms with van der Waals surface area (Å²) in [6.07, 6.45) is 8.26. The Morgan fingerprint density at radius 3 is 2.52 bits per heavy atom. The van der Waals surface area contributed by atoms with Gasteiger partial charge < -0.3 is 5.32 Å². The van der Waals surface area contributed by atoms with Crippen LogP contribution in [0.4, 0.5) is 0 Å². The third-order valence-electron chi connectivity index (χ3n) is 4.99. The van der Waals surface area contributed by atoms with Gasteiger partial charge >= 0.3 is 0 Å². The minimum absolute atomic E-state index is 0.00831. The Morgan fingerprint density at radius 2 is 1.83 bits per heavy atom. The van der Waals surface area contributed by atoms with E-state index in [1.807, 2.05) is 24.3 Å². The second-order valence-corrected chi connectivity index (χ2v) is 6.65. The highest BCUT2D eigenvalue weighted by Gasteiger charge is 2.34. The maximum absolute atomic E-state index is 12.8. The molecule has 0 saturated heterocycles. The summed E-state index contributed by atoms with van der Waals surface area (Å²) in [6.45, 7) is 2.07. The predicted molar refractivity (Wildman–Crippen MR) is 91.9 cm³/mol. The van der Waals surface area contributed by atoms with Gasteiger partial charge in [0, 0.05) is 12.0 Å². The number of carbonyl (C=O) groups is 2. The molecule has 122 valence electrons. The molecule has 1 aromatic carbocycles. The molecule has 0 radical (unpaired) electrons. The summed E-state index contributed by atoms with van der Waals surface area (Å²) < 4.78 is 0. The van der Waals surface area contributed by atoms with E-state index in [2.05, 4.69) is 12.2 Å². The number of nitrogens with one attached hydrogen (secondary N) is 1. The quantitative estimate of drug-likeness (QED) is 0.871. The van der Waals surface area contributed by atoms with Crippen LogP contribution >= 0.6 is 0 Å². The van der Waals surface area contributed by atoms with Crippen LogP contribution in [0.15, 0.2) is 30.0 Å². The fraction of sp³-hybridized carbons (Fsp3) is 0.500. The molecule has 3 rings (SSSR count). The molecule has 3 nitrogen and oxygen atoms in total. The normalized spacial score (nSPS) is 18.2. The van der Waals surface area contributed by atoms with Crippen molar-refractivity contribution in [3.8, 4) is 0 Å². The van der Waals surface area contributed by atoms with Crippen molar-refractivity contribution < 1.29 is 9.59 Å². The zero-order valence-corrected chi connectivity index (χ0v) is 13.9. The molecule has 1 saturated carbocycles. The summed E-state index contributed by atoms with van der Waals surface area (Å²) in [5.41, 5.74) is 3.43. The maximum atomic E-state index is 12.8. The van der Waals surface area contributed by atoms with E-state index in [0.717, 1.165) is 42.4 Å². The Balaban J connectivity index is 1.93. The number of Topliss-reactive ketones (excluding diaryl/α,β-unsaturated/α-hetero) is 1. The summed E-state index contributed by atoms with van der Waals surface area (Å²) in [7, 11) is 0. The summed E-state index contributed by atoms with van der Waals surface area (Å²) in [5, 5.41) is 2.95. The monoisotopic (exact) mass is 311 g/mol. The zero-order valence-electron chi connectivity index (χ0n) is 13.9. The first-order chi connectivity index (χ1) is 11.2. The van der Waals surface area contributed by atoms with Crippen LogP contribution in [0.1, 0.15) is 74.2 Å². The van der Waals surface area contributed by atoms with E-state index in [4.69, 9.17) is 0 Å². The van der Waals surface area contributed by atoms with Crippen molar-refractivity contribution in [1.29, 1.82) is 0 Å². The molecule has 0 aromatic heterocycles. The highest BCUT2D eigenvalue weighted by atomic mass is 16.2. The molecule has 2 aliphatic carbocycles. The molecule has 0 bridgehead atoms. The van der Waals surface area contributed by atoms with E-state index < -0.39 is 0 Å². The van der Waals surface area contributed by atoms with Crippen molar-refractivity contribution in [2.24, 2.45) is 5.92 Å². The highest BCUT2D eigenvalue weighted by Crippen LogP contribution is 2.42. The number of rotatable bonds is 5. The number of carbonyl (C=O) groups excluding carboxylic acids is 2. The van der Waals surface area contributed by atoms with Crippen molar-refractivity contribution in [3.63, 3.8) is 0 Å². The standard InChI is InChI=1S/C20H25NO2/c1-2-3-13-17(22)21-19-18(14-9-5-4-6-10-14)15-11-7-8-12-16(15)20(19)23/h7-8,11-12,14H,2-6,9-10,13H2,1H3,(H,21,22,23). The summed E-state index contributed by atoms with van der Waals surface area (Å²) >= 11 is 0. The van der Waals surface area contributed by atoms with Crippen molar-refractivity contribution in [2.75, 3.05) is 0 Å². The Kier molecular flexibility index (Phi) is 4.94. The summed E-state index contributed by atoms with van der Waals surface area (Å²) in [6, 6.07) is 7.79. The van der Waals surface area contributed by atoms with E-state index in [-0.39, 0.29) is 11.7 Å². The predicted octanol–water partition coefficient (Wildman–Crippen LogP) is 4.48. The molecule has 1 aromatic rings. The first kappa shape index (κ1) is 16.0. The third kappa shape index (κ3) is 3.24. The van der Waals surface area contributed by atoms with Gasteiger partial charge in [-0.3, -0.25) is 9.59 Å². The Labute approximate surface area is 138 Å². The lowest BCUT2D eigenvalue weighted by molar-refractivity contribution is -0.120. The number of hydrogen-bond donors (Lipinski definition) is 1. The van der Waals surface area contributed by atoms with Crippen LogP contribution < -0.4 is 5.32 Å². The average Bonchev–Trinajstić information content (AvgIpc) is 2.86. The zero-order chi connectivity index (χ0) is 16.2. The number of ketones is 1. The molecule has 1 N–H and O–H groups in total. The van der Waals surface area contributed by atoms with Crippen molar-refractivity contribution in [2.45, 2.75) is 58.3 Å². The van der Waals surface area contributed by atoms with E-state index in [0.29, 0.717) is 18.0 Å². The van der Waals surface area contributed by atoms with Crippen LogP contribution in [0, 0.1) is 5.92 Å². The smallest absolute Gasteiger partial charge is 0.224 e. The van der Waals surface area contributed by atoms with Gasteiger partial charge in [-0.05, 0) is 36.3 Å². The Morgan fingerprint density at radius 1 is 1.13 bits per heavy atom. The van der Waals surface area contributed by atoms with Crippen molar-refractivity contribution in [3.05, 3.63) is 41.1 Å². The molecular formula is C20H25NO2. The minimum Gasteiger partial charge on any atom is -0.323 e. The minimum atomic E-state index is -0.0312. The molecule has 23 heavy (non-hydrogen) atoms. The first-order valence-electron chi connectivity index (χ1n) is 8.90. The SMILES string of the molecule is CCCCC(=O)NC1=C(C2CCCCC2)c2ccccc2C1=O. The Bertz CT molecular complexity index is 639. The highest BCUT2D eigenvalue weighted by molar-refractivity contribution is 6.21. The lowest BCUT2D eigenvalue weighted by Crippen LogP contribution is -2.27. The number of fused-ring (bicyclic) bond motifs is 1. The van der Waals surface area contributed by atoms with Gasteiger partial charge in [0.05, 0.1) is 5.70 Å². The van der Waals surface area contributed by atoms with Gasteiger partial charge in [-0.25, -0.2) is 0 Å². The van der Waals surface area contributed by atoms with E-state index >= 15 is 0 Å². The Hall–Kier alpha value is -1.90. The third-order valence-corrected chi connectivity index (χ3v) is 4.99. The van der Waals surface area contributed by atoms with Gasteiger partial charge in [-0.15, -0.1) is 0 Å². The fourth-order valence-corrected chi connectivity index (χ4v) is 3.79. The lowest BCUT2D eigenvalue weighted by Gasteiger charge is -2.24. The second kappa shape index (κ2) is 7.12. The van der Waals surface area contributed by atoms with Crippen LogP contribution in [-0.2, 0) is 4.79 Å². The van der Waals surface area contributed by atoms with Gasteiger partial charge in [0.2, 0.25) is 11.7 Å².